The van der Waals surface area contributed by atoms with Crippen molar-refractivity contribution in [1.29, 1.82) is 0 Å². The highest BCUT2D eigenvalue weighted by molar-refractivity contribution is 5.76. The summed E-state index contributed by atoms with van der Waals surface area (Å²) >= 11 is 0. The topological polar surface area (TPSA) is 169 Å². The number of ether oxygens (including phenoxy) is 2. The Morgan fingerprint density at radius 3 is 1.03 bits per heavy atom. The molecule has 2 unspecified atom stereocenters. The summed E-state index contributed by atoms with van der Waals surface area (Å²) in [6, 6.07) is -0.986. The predicted octanol–water partition coefficient (Wildman–Crippen LogP) is 15.2. The van der Waals surface area contributed by atoms with Gasteiger partial charge in [-0.15, -0.1) is 0 Å². The molecule has 10 nitrogen and oxygen atoms in total. The van der Waals surface area contributed by atoms with Gasteiger partial charge in [0.2, 0.25) is 5.91 Å². The molecular weight excluding hydrogens is 903 g/mol. The van der Waals surface area contributed by atoms with E-state index in [2.05, 4.69) is 19.2 Å². The van der Waals surface area contributed by atoms with Gasteiger partial charge in [0.1, 0.15) is 30.5 Å². The number of unbranched alkanes of at least 4 members (excludes halogenated alkanes) is 45. The van der Waals surface area contributed by atoms with Crippen LogP contribution in [0, 0.1) is 0 Å². The van der Waals surface area contributed by atoms with Gasteiger partial charge in [-0.2, -0.15) is 0 Å². The van der Waals surface area contributed by atoms with Crippen LogP contribution in [0.15, 0.2) is 0 Å². The predicted molar refractivity (Wildman–Crippen MR) is 301 cm³/mol. The molecule has 8 atom stereocenters. The summed E-state index contributed by atoms with van der Waals surface area (Å²) in [7, 11) is 0. The van der Waals surface area contributed by atoms with E-state index in [1.165, 1.54) is 257 Å². The Bertz CT molecular complexity index is 1110. The van der Waals surface area contributed by atoms with Crippen LogP contribution in [-0.4, -0.2) is 98.7 Å². The van der Waals surface area contributed by atoms with Gasteiger partial charge in [-0.05, 0) is 12.8 Å². The van der Waals surface area contributed by atoms with Crippen molar-refractivity contribution in [3.8, 4) is 0 Å². The lowest BCUT2D eigenvalue weighted by Gasteiger charge is -2.40. The first-order valence-electron chi connectivity index (χ1n) is 31.8. The third-order valence-electron chi connectivity index (χ3n) is 15.8. The molecule has 1 heterocycles. The van der Waals surface area contributed by atoms with E-state index in [-0.39, 0.29) is 18.9 Å². The minimum atomic E-state index is -1.60. The summed E-state index contributed by atoms with van der Waals surface area (Å²) < 4.78 is 11.2. The molecule has 0 radical (unpaired) electrons. The quantitative estimate of drug-likeness (QED) is 0.0293. The first kappa shape index (κ1) is 69.2. The Morgan fingerprint density at radius 2 is 0.722 bits per heavy atom. The maximum atomic E-state index is 13.1. The van der Waals surface area contributed by atoms with Crippen molar-refractivity contribution in [2.75, 3.05) is 13.2 Å². The Balaban J connectivity index is 2.05. The second-order valence-corrected chi connectivity index (χ2v) is 22.7. The molecule has 0 aromatic heterocycles. The minimum absolute atomic E-state index is 0.250. The average molecular weight is 1030 g/mol. The fourth-order valence-corrected chi connectivity index (χ4v) is 10.7. The lowest BCUT2D eigenvalue weighted by atomic mass is 9.98. The van der Waals surface area contributed by atoms with Crippen LogP contribution in [0.5, 0.6) is 0 Å². The molecule has 72 heavy (non-hydrogen) atoms. The number of carbonyl (C=O) groups is 1. The number of hydrogen-bond donors (Lipinski definition) is 7. The molecule has 430 valence electrons. The number of carbonyl (C=O) groups excluding carboxylic acids is 1. The molecule has 10 heteroatoms. The van der Waals surface area contributed by atoms with E-state index >= 15 is 0 Å². The van der Waals surface area contributed by atoms with Gasteiger partial charge in [0.15, 0.2) is 6.29 Å². The molecule has 1 amide bonds. The number of hydrogen-bond acceptors (Lipinski definition) is 9. The molecule has 1 fully saturated rings. The van der Waals surface area contributed by atoms with Crippen molar-refractivity contribution in [3.05, 3.63) is 0 Å². The summed E-state index contributed by atoms with van der Waals surface area (Å²) in [5, 5.41) is 65.4. The van der Waals surface area contributed by atoms with Crippen LogP contribution < -0.4 is 5.32 Å². The smallest absolute Gasteiger partial charge is 0.220 e. The van der Waals surface area contributed by atoms with E-state index in [0.29, 0.717) is 6.42 Å². The van der Waals surface area contributed by atoms with E-state index in [1.807, 2.05) is 0 Å². The Kier molecular flexibility index (Phi) is 50.2. The lowest BCUT2D eigenvalue weighted by Crippen LogP contribution is -2.60. The number of nitrogens with one attached hydrogen (secondary N) is 1. The second-order valence-electron chi connectivity index (χ2n) is 22.7. The van der Waals surface area contributed by atoms with Crippen LogP contribution in [0.3, 0.4) is 0 Å². The van der Waals surface area contributed by atoms with E-state index in [9.17, 15) is 35.4 Å². The Morgan fingerprint density at radius 1 is 0.431 bits per heavy atom. The maximum Gasteiger partial charge on any atom is 0.220 e. The fraction of sp³-hybridized carbons (Fsp3) is 0.984. The highest BCUT2D eigenvalue weighted by atomic mass is 16.7. The van der Waals surface area contributed by atoms with Crippen molar-refractivity contribution in [3.63, 3.8) is 0 Å². The first-order chi connectivity index (χ1) is 35.3. The third-order valence-corrected chi connectivity index (χ3v) is 15.8. The monoisotopic (exact) mass is 1030 g/mol. The van der Waals surface area contributed by atoms with Crippen LogP contribution in [0.2, 0.25) is 0 Å². The normalized spacial score (nSPS) is 19.5. The van der Waals surface area contributed by atoms with Gasteiger partial charge >= 0.3 is 0 Å². The van der Waals surface area contributed by atoms with Crippen molar-refractivity contribution in [2.45, 2.75) is 377 Å². The third kappa shape index (κ3) is 40.4. The molecule has 0 aromatic rings. The van der Waals surface area contributed by atoms with Gasteiger partial charge < -0.3 is 45.4 Å². The van der Waals surface area contributed by atoms with Crippen molar-refractivity contribution in [1.82, 2.24) is 5.32 Å². The number of amides is 1. The van der Waals surface area contributed by atoms with Crippen LogP contribution in [0.4, 0.5) is 0 Å². The number of aliphatic hydroxyl groups is 6. The number of aliphatic hydroxyl groups excluding tert-OH is 6. The molecule has 7 N–H and O–H groups in total. The molecular formula is C62H123NO9. The van der Waals surface area contributed by atoms with Crippen molar-refractivity contribution < 1.29 is 44.9 Å². The molecule has 0 saturated carbocycles. The molecule has 1 aliphatic heterocycles. The van der Waals surface area contributed by atoms with Crippen LogP contribution in [-0.2, 0) is 14.3 Å². The molecule has 0 aliphatic carbocycles. The lowest BCUT2D eigenvalue weighted by molar-refractivity contribution is -0.303. The Labute approximate surface area is 445 Å². The zero-order valence-corrected chi connectivity index (χ0v) is 47.6. The van der Waals surface area contributed by atoms with Gasteiger partial charge in [-0.1, -0.05) is 309 Å². The second kappa shape index (κ2) is 52.2. The summed E-state index contributed by atoms with van der Waals surface area (Å²) in [4.78, 5) is 13.1. The SMILES string of the molecule is CCCCCCCCCCCCCCCCCCCCCCCCCCCCCCCCCCCCCCC(=O)N[C@@H](CO[C@@H]1O[C@H](CO)[C@@H](O)C(O)C1O)[C@H](O)[C@H](O)CCCCCCCCCCCCC. The van der Waals surface area contributed by atoms with Gasteiger partial charge in [-0.3, -0.25) is 4.79 Å². The van der Waals surface area contributed by atoms with Gasteiger partial charge in [0.25, 0.3) is 0 Å². The molecule has 1 rings (SSSR count). The average Bonchev–Trinajstić information content (AvgIpc) is 3.38. The van der Waals surface area contributed by atoms with Crippen LogP contribution >= 0.6 is 0 Å². The molecule has 0 spiro atoms. The fourth-order valence-electron chi connectivity index (χ4n) is 10.7. The van der Waals surface area contributed by atoms with Crippen LogP contribution in [0.1, 0.15) is 328 Å². The largest absolute Gasteiger partial charge is 0.394 e. The van der Waals surface area contributed by atoms with Gasteiger partial charge in [0.05, 0.1) is 25.4 Å². The highest BCUT2D eigenvalue weighted by Gasteiger charge is 2.44. The zero-order chi connectivity index (χ0) is 52.4. The zero-order valence-electron chi connectivity index (χ0n) is 47.6. The van der Waals surface area contributed by atoms with Crippen LogP contribution in [0.25, 0.3) is 0 Å². The molecule has 1 saturated heterocycles. The summed E-state index contributed by atoms with van der Waals surface area (Å²) in [5.41, 5.74) is 0. The molecule has 1 aliphatic rings. The van der Waals surface area contributed by atoms with Gasteiger partial charge in [-0.25, -0.2) is 0 Å². The summed E-state index contributed by atoms with van der Waals surface area (Å²) in [6.07, 6.45) is 53.2. The van der Waals surface area contributed by atoms with Gasteiger partial charge in [0, 0.05) is 6.42 Å². The summed E-state index contributed by atoms with van der Waals surface area (Å²) in [5.74, 6) is -0.250. The van der Waals surface area contributed by atoms with E-state index in [0.717, 1.165) is 44.9 Å². The first-order valence-corrected chi connectivity index (χ1v) is 31.8. The molecule has 0 aromatic carbocycles. The highest BCUT2D eigenvalue weighted by Crippen LogP contribution is 2.24. The maximum absolute atomic E-state index is 13.1. The van der Waals surface area contributed by atoms with Crippen molar-refractivity contribution in [2.24, 2.45) is 0 Å². The summed E-state index contributed by atoms with van der Waals surface area (Å²) in [6.45, 7) is 3.64. The standard InChI is InChI=1S/C62H123NO9/c1-3-5-7-9-11-13-15-16-17-18-19-20-21-22-23-24-25-26-27-28-29-30-31-32-33-34-35-36-37-38-39-41-43-45-47-49-51-57(66)63-54(53-71-62-61(70)60(69)59(68)56(52-64)72-62)58(67)55(65)50-48-46-44-42-40-14-12-10-8-6-4-2/h54-56,58-62,64-65,67-70H,3-53H2,1-2H3,(H,63,66)/t54-,55+,56+,58-,59+,60?,61?,62+/m0/s1. The Hall–Kier alpha value is -0.850. The minimum Gasteiger partial charge on any atom is -0.394 e. The van der Waals surface area contributed by atoms with E-state index in [1.54, 1.807) is 0 Å². The van der Waals surface area contributed by atoms with E-state index < -0.39 is 55.6 Å². The van der Waals surface area contributed by atoms with E-state index in [4.69, 9.17) is 9.47 Å². The van der Waals surface area contributed by atoms with Crippen molar-refractivity contribution >= 4 is 5.91 Å². The molecule has 0 bridgehead atoms. The number of rotatable bonds is 56.